The van der Waals surface area contributed by atoms with Crippen LogP contribution in [0.3, 0.4) is 0 Å². The van der Waals surface area contributed by atoms with Crippen LogP contribution in [0.1, 0.15) is 22.3 Å². The van der Waals surface area contributed by atoms with E-state index >= 15 is 0 Å². The summed E-state index contributed by atoms with van der Waals surface area (Å²) in [7, 11) is 0. The molecule has 0 saturated carbocycles. The first-order valence-corrected chi connectivity index (χ1v) is 7.70. The molecular formula is C18H17N3O4. The predicted octanol–water partition coefficient (Wildman–Crippen LogP) is 1.82. The molecule has 3 rings (SSSR count). The molecule has 7 nitrogen and oxygen atoms in total. The highest BCUT2D eigenvalue weighted by molar-refractivity contribution is 6.02. The molecule has 7 heteroatoms. The Bertz CT molecular complexity index is 846. The summed E-state index contributed by atoms with van der Waals surface area (Å²) in [6.07, 6.45) is -1.03. The molecule has 0 radical (unpaired) electrons. The number of hydrogen-bond acceptors (Lipinski definition) is 4. The van der Waals surface area contributed by atoms with Crippen molar-refractivity contribution in [3.63, 3.8) is 0 Å². The Morgan fingerprint density at radius 3 is 2.60 bits per heavy atom. The van der Waals surface area contributed by atoms with Crippen LogP contribution in [-0.2, 0) is 9.59 Å². The molecule has 0 saturated heterocycles. The smallest absolute Gasteiger partial charge is 0.266 e. The Labute approximate surface area is 144 Å². The minimum Gasteiger partial charge on any atom is -0.478 e. The average Bonchev–Trinajstić information content (AvgIpc) is 2.56. The molecule has 128 valence electrons. The Morgan fingerprint density at radius 2 is 1.92 bits per heavy atom. The van der Waals surface area contributed by atoms with Gasteiger partial charge in [0.05, 0.1) is 12.1 Å². The van der Waals surface area contributed by atoms with Gasteiger partial charge < -0.3 is 21.1 Å². The van der Waals surface area contributed by atoms with Crippen LogP contribution in [0.15, 0.2) is 42.5 Å². The molecule has 0 fully saturated rings. The Morgan fingerprint density at radius 1 is 1.20 bits per heavy atom. The number of benzene rings is 2. The summed E-state index contributed by atoms with van der Waals surface area (Å²) in [4.78, 5) is 35.3. The number of rotatable bonds is 4. The SMILES string of the molecule is Cc1ccc2c(c1)NC(=O)C(CC(=O)Nc1ccc(C(N)=O)cc1)O2. The third-order valence-electron chi connectivity index (χ3n) is 3.78. The highest BCUT2D eigenvalue weighted by Gasteiger charge is 2.29. The van der Waals surface area contributed by atoms with Gasteiger partial charge in [0, 0.05) is 11.3 Å². The van der Waals surface area contributed by atoms with Crippen LogP contribution in [-0.4, -0.2) is 23.8 Å². The van der Waals surface area contributed by atoms with Gasteiger partial charge >= 0.3 is 0 Å². The van der Waals surface area contributed by atoms with E-state index < -0.39 is 12.0 Å². The number of fused-ring (bicyclic) bond motifs is 1. The standard InChI is InChI=1S/C18H17N3O4/c1-10-2-7-14-13(8-10)21-18(24)15(25-14)9-16(22)20-12-5-3-11(4-6-12)17(19)23/h2-8,15H,9H2,1H3,(H2,19,23)(H,20,22)(H,21,24). The van der Waals surface area contributed by atoms with Crippen molar-refractivity contribution in [2.24, 2.45) is 5.73 Å². The summed E-state index contributed by atoms with van der Waals surface area (Å²) in [5.41, 5.74) is 7.61. The van der Waals surface area contributed by atoms with E-state index in [2.05, 4.69) is 10.6 Å². The lowest BCUT2D eigenvalue weighted by molar-refractivity contribution is -0.128. The molecule has 4 N–H and O–H groups in total. The number of carbonyl (C=O) groups is 3. The highest BCUT2D eigenvalue weighted by Crippen LogP contribution is 2.31. The van der Waals surface area contributed by atoms with Crippen molar-refractivity contribution in [2.75, 3.05) is 10.6 Å². The first-order valence-electron chi connectivity index (χ1n) is 7.70. The van der Waals surface area contributed by atoms with Gasteiger partial charge in [0.15, 0.2) is 6.10 Å². The fourth-order valence-electron chi connectivity index (χ4n) is 2.50. The Balaban J connectivity index is 1.64. The van der Waals surface area contributed by atoms with Gasteiger partial charge in [0.1, 0.15) is 5.75 Å². The van der Waals surface area contributed by atoms with E-state index in [1.165, 1.54) is 12.1 Å². The van der Waals surface area contributed by atoms with Crippen molar-refractivity contribution in [1.29, 1.82) is 0 Å². The number of primary amides is 1. The molecule has 1 unspecified atom stereocenters. The predicted molar refractivity (Wildman–Crippen MR) is 92.4 cm³/mol. The lowest BCUT2D eigenvalue weighted by Crippen LogP contribution is -2.39. The maximum atomic E-state index is 12.1. The quantitative estimate of drug-likeness (QED) is 0.789. The zero-order valence-electron chi connectivity index (χ0n) is 13.5. The van der Waals surface area contributed by atoms with Crippen LogP contribution in [0.5, 0.6) is 5.75 Å². The van der Waals surface area contributed by atoms with Crippen LogP contribution < -0.4 is 21.1 Å². The minimum atomic E-state index is -0.903. The molecule has 0 spiro atoms. The van der Waals surface area contributed by atoms with Gasteiger partial charge in [-0.25, -0.2) is 0 Å². The van der Waals surface area contributed by atoms with Gasteiger partial charge in [-0.2, -0.15) is 0 Å². The number of hydrogen-bond donors (Lipinski definition) is 3. The third-order valence-corrected chi connectivity index (χ3v) is 3.78. The zero-order chi connectivity index (χ0) is 18.0. The number of nitrogens with one attached hydrogen (secondary N) is 2. The normalized spacial score (nSPS) is 15.6. The zero-order valence-corrected chi connectivity index (χ0v) is 13.5. The van der Waals surface area contributed by atoms with Gasteiger partial charge in [0.2, 0.25) is 11.8 Å². The van der Waals surface area contributed by atoms with Crippen LogP contribution in [0.2, 0.25) is 0 Å². The maximum absolute atomic E-state index is 12.1. The van der Waals surface area contributed by atoms with E-state index in [4.69, 9.17) is 10.5 Å². The lowest BCUT2D eigenvalue weighted by Gasteiger charge is -2.25. The summed E-state index contributed by atoms with van der Waals surface area (Å²) in [6.45, 7) is 1.91. The van der Waals surface area contributed by atoms with Crippen molar-refractivity contribution in [2.45, 2.75) is 19.4 Å². The molecule has 1 atom stereocenters. The first kappa shape index (κ1) is 16.5. The van der Waals surface area contributed by atoms with Crippen molar-refractivity contribution < 1.29 is 19.1 Å². The fourth-order valence-corrected chi connectivity index (χ4v) is 2.50. The summed E-state index contributed by atoms with van der Waals surface area (Å²) in [5.74, 6) is -0.743. The van der Waals surface area contributed by atoms with Gasteiger partial charge in [0.25, 0.3) is 5.91 Å². The molecule has 1 aliphatic heterocycles. The maximum Gasteiger partial charge on any atom is 0.266 e. The number of anilines is 2. The molecule has 1 heterocycles. The summed E-state index contributed by atoms with van der Waals surface area (Å²) in [6, 6.07) is 11.6. The van der Waals surface area contributed by atoms with Crippen molar-refractivity contribution in [3.05, 3.63) is 53.6 Å². The third kappa shape index (κ3) is 3.77. The Kier molecular flexibility index (Phi) is 4.38. The summed E-state index contributed by atoms with van der Waals surface area (Å²) < 4.78 is 5.62. The van der Waals surface area contributed by atoms with Crippen molar-refractivity contribution in [1.82, 2.24) is 0 Å². The molecule has 25 heavy (non-hydrogen) atoms. The number of ether oxygens (including phenoxy) is 1. The van der Waals surface area contributed by atoms with Gasteiger partial charge in [-0.1, -0.05) is 6.07 Å². The Hall–Kier alpha value is -3.35. The molecule has 0 bridgehead atoms. The number of nitrogens with two attached hydrogens (primary N) is 1. The van der Waals surface area contributed by atoms with E-state index in [0.717, 1.165) is 5.56 Å². The van der Waals surface area contributed by atoms with Crippen molar-refractivity contribution >= 4 is 29.1 Å². The monoisotopic (exact) mass is 339 g/mol. The molecule has 3 amide bonds. The minimum absolute atomic E-state index is 0.128. The number of amides is 3. The second-order valence-electron chi connectivity index (χ2n) is 5.79. The second kappa shape index (κ2) is 6.64. The topological polar surface area (TPSA) is 111 Å². The average molecular weight is 339 g/mol. The summed E-state index contributed by atoms with van der Waals surface area (Å²) >= 11 is 0. The van der Waals surface area contributed by atoms with Crippen molar-refractivity contribution in [3.8, 4) is 5.75 Å². The number of carbonyl (C=O) groups excluding carboxylic acids is 3. The fraction of sp³-hybridized carbons (Fsp3) is 0.167. The molecule has 1 aliphatic rings. The van der Waals surface area contributed by atoms with Crippen LogP contribution in [0, 0.1) is 6.92 Å². The lowest BCUT2D eigenvalue weighted by atomic mass is 10.1. The molecule has 2 aromatic rings. The summed E-state index contributed by atoms with van der Waals surface area (Å²) in [5, 5.41) is 5.40. The highest BCUT2D eigenvalue weighted by atomic mass is 16.5. The van der Waals surface area contributed by atoms with E-state index in [1.807, 2.05) is 19.1 Å². The first-order chi connectivity index (χ1) is 11.9. The van der Waals surface area contributed by atoms with E-state index in [-0.39, 0.29) is 18.2 Å². The second-order valence-corrected chi connectivity index (χ2v) is 5.79. The largest absolute Gasteiger partial charge is 0.478 e. The van der Waals surface area contributed by atoms with E-state index in [1.54, 1.807) is 18.2 Å². The number of aryl methyl sites for hydroxylation is 1. The van der Waals surface area contributed by atoms with Crippen LogP contribution in [0.25, 0.3) is 0 Å². The molecular weight excluding hydrogens is 322 g/mol. The molecule has 0 aromatic heterocycles. The van der Waals surface area contributed by atoms with Gasteiger partial charge in [-0.15, -0.1) is 0 Å². The van der Waals surface area contributed by atoms with Crippen LogP contribution in [0.4, 0.5) is 11.4 Å². The van der Waals surface area contributed by atoms with Gasteiger partial charge in [-0.05, 0) is 48.9 Å². The van der Waals surface area contributed by atoms with Gasteiger partial charge in [-0.3, -0.25) is 14.4 Å². The van der Waals surface area contributed by atoms with E-state index in [0.29, 0.717) is 22.7 Å². The molecule has 2 aromatic carbocycles. The van der Waals surface area contributed by atoms with Crippen LogP contribution >= 0.6 is 0 Å². The van der Waals surface area contributed by atoms with E-state index in [9.17, 15) is 14.4 Å². The molecule has 0 aliphatic carbocycles.